The maximum Gasteiger partial charge on any atom is 0.328 e. The zero-order valence-corrected chi connectivity index (χ0v) is 24.1. The molecule has 42 heavy (non-hydrogen) atoms. The Morgan fingerprint density at radius 1 is 0.786 bits per heavy atom. The monoisotopic (exact) mass is 574 g/mol. The van der Waals surface area contributed by atoms with Crippen LogP contribution in [0.4, 0.5) is 0 Å². The third kappa shape index (κ3) is 9.72. The van der Waals surface area contributed by atoms with Crippen molar-refractivity contribution < 1.29 is 28.7 Å². The second kappa shape index (κ2) is 15.9. The standard InChI is InChI=1S/C32H38N4O6/c1-21(2)28(36-27(37)20-33-29(38)24-16-10-11-17-24)31(40)34-25(18-22-12-6-4-7-13-22)30(39)35-26(32(41)42-3)19-23-14-8-5-9-15-23/h4-16,21,25-26,28H,17-20H2,1-3H3,(H,33,38)(H,34,40)(H,35,39)(H,36,37)/t25-,26-,28-/m0/s1. The number of hydrogen-bond acceptors (Lipinski definition) is 6. The van der Waals surface area contributed by atoms with E-state index in [2.05, 4.69) is 21.3 Å². The van der Waals surface area contributed by atoms with Crippen LogP contribution in [0.3, 0.4) is 0 Å². The van der Waals surface area contributed by atoms with Crippen molar-refractivity contribution >= 4 is 29.6 Å². The first-order chi connectivity index (χ1) is 20.2. The first-order valence-corrected chi connectivity index (χ1v) is 13.9. The summed E-state index contributed by atoms with van der Waals surface area (Å²) < 4.78 is 4.92. The van der Waals surface area contributed by atoms with Crippen LogP contribution in [0.5, 0.6) is 0 Å². The third-order valence-corrected chi connectivity index (χ3v) is 6.74. The van der Waals surface area contributed by atoms with E-state index in [0.29, 0.717) is 12.0 Å². The Balaban J connectivity index is 1.71. The normalized spacial score (nSPS) is 14.2. The van der Waals surface area contributed by atoms with Crippen molar-refractivity contribution in [2.75, 3.05) is 13.7 Å². The number of methoxy groups -OCH3 is 1. The van der Waals surface area contributed by atoms with Gasteiger partial charge in [-0.2, -0.15) is 0 Å². The second-order valence-corrected chi connectivity index (χ2v) is 10.3. The zero-order chi connectivity index (χ0) is 30.5. The van der Waals surface area contributed by atoms with Crippen LogP contribution in [0.2, 0.25) is 0 Å². The van der Waals surface area contributed by atoms with E-state index in [0.717, 1.165) is 11.1 Å². The molecule has 0 heterocycles. The summed E-state index contributed by atoms with van der Waals surface area (Å²) in [6.07, 6.45) is 6.14. The van der Waals surface area contributed by atoms with Crippen LogP contribution in [0, 0.1) is 5.92 Å². The number of nitrogens with one attached hydrogen (secondary N) is 4. The number of allylic oxidation sites excluding steroid dienone is 3. The molecule has 2 aromatic rings. The molecular formula is C32H38N4O6. The maximum absolute atomic E-state index is 13.5. The van der Waals surface area contributed by atoms with Gasteiger partial charge in [-0.05, 0) is 23.5 Å². The first-order valence-electron chi connectivity index (χ1n) is 13.9. The second-order valence-electron chi connectivity index (χ2n) is 10.3. The Bertz CT molecular complexity index is 1310. The smallest absolute Gasteiger partial charge is 0.328 e. The molecule has 2 aromatic carbocycles. The van der Waals surface area contributed by atoms with E-state index in [1.807, 2.05) is 66.7 Å². The summed E-state index contributed by atoms with van der Waals surface area (Å²) in [4.78, 5) is 64.4. The fourth-order valence-electron chi connectivity index (χ4n) is 4.43. The van der Waals surface area contributed by atoms with E-state index in [1.165, 1.54) is 7.11 Å². The Kier molecular flexibility index (Phi) is 12.0. The predicted octanol–water partition coefficient (Wildman–Crippen LogP) is 1.76. The van der Waals surface area contributed by atoms with E-state index in [-0.39, 0.29) is 31.2 Å². The van der Waals surface area contributed by atoms with Gasteiger partial charge in [-0.15, -0.1) is 0 Å². The van der Waals surface area contributed by atoms with Crippen LogP contribution in [-0.4, -0.2) is 61.4 Å². The highest BCUT2D eigenvalue weighted by Gasteiger charge is 2.31. The van der Waals surface area contributed by atoms with Gasteiger partial charge in [0.25, 0.3) is 0 Å². The molecule has 3 atom stereocenters. The fraction of sp³-hybridized carbons (Fsp3) is 0.344. The Hall–Kier alpha value is -4.73. The number of rotatable bonds is 14. The molecule has 4 N–H and O–H groups in total. The van der Waals surface area contributed by atoms with E-state index in [1.54, 1.807) is 26.0 Å². The molecule has 1 aliphatic carbocycles. The van der Waals surface area contributed by atoms with E-state index in [9.17, 15) is 24.0 Å². The molecule has 222 valence electrons. The van der Waals surface area contributed by atoms with Gasteiger partial charge in [0.15, 0.2) is 0 Å². The van der Waals surface area contributed by atoms with E-state index >= 15 is 0 Å². The van der Waals surface area contributed by atoms with Crippen molar-refractivity contribution in [2.24, 2.45) is 5.92 Å². The Morgan fingerprint density at radius 2 is 1.36 bits per heavy atom. The van der Waals surface area contributed by atoms with Gasteiger partial charge in [0, 0.05) is 18.4 Å². The largest absolute Gasteiger partial charge is 0.467 e. The van der Waals surface area contributed by atoms with Crippen LogP contribution in [0.25, 0.3) is 0 Å². The Morgan fingerprint density at radius 3 is 1.88 bits per heavy atom. The van der Waals surface area contributed by atoms with E-state index in [4.69, 9.17) is 4.74 Å². The van der Waals surface area contributed by atoms with Gasteiger partial charge in [-0.1, -0.05) is 92.7 Å². The summed E-state index contributed by atoms with van der Waals surface area (Å²) in [5.74, 6) is -2.97. The number of benzene rings is 2. The van der Waals surface area contributed by atoms with Crippen molar-refractivity contribution in [2.45, 2.75) is 51.2 Å². The summed E-state index contributed by atoms with van der Waals surface area (Å²) in [6, 6.07) is 15.3. The van der Waals surface area contributed by atoms with Gasteiger partial charge in [-0.3, -0.25) is 19.2 Å². The maximum atomic E-state index is 13.5. The number of carbonyl (C=O) groups is 5. The molecule has 1 aliphatic rings. The summed E-state index contributed by atoms with van der Waals surface area (Å²) in [5, 5.41) is 10.7. The SMILES string of the molecule is COC(=O)[C@H](Cc1ccccc1)NC(=O)[C@H](Cc1ccccc1)NC(=O)[C@@H](NC(=O)CNC(=O)C1=CC=CC1)C(C)C. The van der Waals surface area contributed by atoms with Crippen molar-refractivity contribution in [1.82, 2.24) is 21.3 Å². The number of esters is 1. The molecule has 0 saturated carbocycles. The number of amides is 4. The summed E-state index contributed by atoms with van der Waals surface area (Å²) in [5.41, 5.74) is 2.17. The minimum Gasteiger partial charge on any atom is -0.467 e. The van der Waals surface area contributed by atoms with Crippen molar-refractivity contribution in [3.8, 4) is 0 Å². The van der Waals surface area contributed by atoms with Gasteiger partial charge >= 0.3 is 5.97 Å². The zero-order valence-electron chi connectivity index (χ0n) is 24.1. The highest BCUT2D eigenvalue weighted by Crippen LogP contribution is 2.11. The fourth-order valence-corrected chi connectivity index (χ4v) is 4.43. The van der Waals surface area contributed by atoms with Crippen LogP contribution in [0.1, 0.15) is 31.4 Å². The lowest BCUT2D eigenvalue weighted by molar-refractivity contribution is -0.145. The molecule has 0 radical (unpaired) electrons. The molecule has 10 heteroatoms. The van der Waals surface area contributed by atoms with Crippen molar-refractivity contribution in [3.05, 3.63) is 95.6 Å². The molecule has 3 rings (SSSR count). The lowest BCUT2D eigenvalue weighted by Crippen LogP contribution is -2.58. The molecule has 4 amide bonds. The van der Waals surface area contributed by atoms with Gasteiger partial charge in [0.1, 0.15) is 18.1 Å². The molecule has 10 nitrogen and oxygen atoms in total. The van der Waals surface area contributed by atoms with Gasteiger partial charge in [0.05, 0.1) is 13.7 Å². The minimum atomic E-state index is -1.05. The van der Waals surface area contributed by atoms with Crippen molar-refractivity contribution in [1.29, 1.82) is 0 Å². The molecule has 0 saturated heterocycles. The molecule has 0 aliphatic heterocycles. The number of hydrogen-bond donors (Lipinski definition) is 4. The summed E-state index contributed by atoms with van der Waals surface area (Å²) in [6.45, 7) is 3.22. The lowest BCUT2D eigenvalue weighted by atomic mass is 10.00. The average molecular weight is 575 g/mol. The number of ether oxygens (including phenoxy) is 1. The van der Waals surface area contributed by atoms with Crippen LogP contribution < -0.4 is 21.3 Å². The molecule has 0 aromatic heterocycles. The molecule has 0 fully saturated rings. The van der Waals surface area contributed by atoms with Crippen LogP contribution >= 0.6 is 0 Å². The topological polar surface area (TPSA) is 143 Å². The quantitative estimate of drug-likeness (QED) is 0.253. The van der Waals surface area contributed by atoms with Gasteiger partial charge in [-0.25, -0.2) is 4.79 Å². The summed E-state index contributed by atoms with van der Waals surface area (Å²) >= 11 is 0. The van der Waals surface area contributed by atoms with E-state index < -0.39 is 41.8 Å². The third-order valence-electron chi connectivity index (χ3n) is 6.74. The van der Waals surface area contributed by atoms with Crippen molar-refractivity contribution in [3.63, 3.8) is 0 Å². The average Bonchev–Trinajstić information content (AvgIpc) is 3.54. The van der Waals surface area contributed by atoms with Crippen LogP contribution in [-0.2, 0) is 41.6 Å². The molecular weight excluding hydrogens is 536 g/mol. The first kappa shape index (κ1) is 31.8. The minimum absolute atomic E-state index is 0.148. The predicted molar refractivity (Wildman–Crippen MR) is 158 cm³/mol. The van der Waals surface area contributed by atoms with Gasteiger partial charge < -0.3 is 26.0 Å². The number of carbonyl (C=O) groups excluding carboxylic acids is 5. The lowest BCUT2D eigenvalue weighted by Gasteiger charge is -2.26. The Labute approximate surface area is 246 Å². The highest BCUT2D eigenvalue weighted by molar-refractivity contribution is 5.98. The summed E-state index contributed by atoms with van der Waals surface area (Å²) in [7, 11) is 1.25. The highest BCUT2D eigenvalue weighted by atomic mass is 16.5. The molecule has 0 spiro atoms. The van der Waals surface area contributed by atoms with Gasteiger partial charge in [0.2, 0.25) is 23.6 Å². The molecule has 0 bridgehead atoms. The van der Waals surface area contributed by atoms with Crippen LogP contribution in [0.15, 0.2) is 84.5 Å². The molecule has 0 unspecified atom stereocenters.